The molecule has 1 aliphatic carbocycles. The molecule has 0 radical (unpaired) electrons. The fraction of sp³-hybridized carbons (Fsp3) is 0.167. The summed E-state index contributed by atoms with van der Waals surface area (Å²) < 4.78 is 3.62. The molecule has 0 unspecified atom stereocenters. The Labute approximate surface area is 159 Å². The molecule has 27 heavy (non-hydrogen) atoms. The van der Waals surface area contributed by atoms with Crippen molar-refractivity contribution in [3.05, 3.63) is 54.2 Å². The van der Waals surface area contributed by atoms with Gasteiger partial charge in [0.05, 0.1) is 23.3 Å². The lowest BCUT2D eigenvalue weighted by Crippen LogP contribution is -2.22. The smallest absolute Gasteiger partial charge is 0.189 e. The Morgan fingerprint density at radius 2 is 2.11 bits per heavy atom. The van der Waals surface area contributed by atoms with Gasteiger partial charge in [-0.25, -0.2) is 14.5 Å². The highest BCUT2D eigenvalue weighted by Gasteiger charge is 2.24. The zero-order valence-corrected chi connectivity index (χ0v) is 14.9. The third kappa shape index (κ3) is 3.52. The van der Waals surface area contributed by atoms with E-state index in [-0.39, 0.29) is 28.7 Å². The summed E-state index contributed by atoms with van der Waals surface area (Å²) in [6.45, 7) is 1.30. The number of fused-ring (bicyclic) bond motifs is 1. The first-order valence-corrected chi connectivity index (χ1v) is 8.69. The van der Waals surface area contributed by atoms with Gasteiger partial charge in [0.1, 0.15) is 11.4 Å². The molecule has 1 aliphatic rings. The third-order valence-corrected chi connectivity index (χ3v) is 4.42. The van der Waals surface area contributed by atoms with Gasteiger partial charge in [0.15, 0.2) is 17.4 Å². The first kappa shape index (κ1) is 17.2. The molecule has 3 aromatic rings. The van der Waals surface area contributed by atoms with Crippen molar-refractivity contribution >= 4 is 45.9 Å². The second-order valence-electron chi connectivity index (χ2n) is 5.97. The number of anilines is 1. The van der Waals surface area contributed by atoms with Gasteiger partial charge in [-0.05, 0) is 18.2 Å². The Kier molecular flexibility index (Phi) is 4.55. The van der Waals surface area contributed by atoms with Gasteiger partial charge in [0.2, 0.25) is 0 Å². The average molecular weight is 383 g/mol. The lowest BCUT2D eigenvalue weighted by atomic mass is 10.0. The lowest BCUT2D eigenvalue weighted by molar-refractivity contribution is -0.121. The monoisotopic (exact) mass is 382 g/mol. The van der Waals surface area contributed by atoms with Crippen LogP contribution in [0, 0.1) is 0 Å². The second-order valence-corrected chi connectivity index (χ2v) is 6.37. The van der Waals surface area contributed by atoms with Crippen molar-refractivity contribution in [3.8, 4) is 0 Å². The third-order valence-electron chi connectivity index (χ3n) is 4.10. The average Bonchev–Trinajstić information content (AvgIpc) is 3.28. The van der Waals surface area contributed by atoms with Crippen LogP contribution >= 0.6 is 11.6 Å². The van der Waals surface area contributed by atoms with Crippen molar-refractivity contribution in [2.45, 2.75) is 13.0 Å². The standard InChI is InChI=1S/C18H15ClN6O2/c19-12-9-13(16(27)10-15(12)26)22-17-14-3-1-2-6-25(14)23-18(17)21-5-8-24-7-4-20-11-24/h1-4,6-7,9,11H,5,8,10H2,(H,21,23). The van der Waals surface area contributed by atoms with Crippen LogP contribution in [-0.4, -0.2) is 43.0 Å². The van der Waals surface area contributed by atoms with Crippen LogP contribution in [-0.2, 0) is 16.1 Å². The number of carbonyl (C=O) groups is 2. The van der Waals surface area contributed by atoms with Crippen LogP contribution in [0.3, 0.4) is 0 Å². The number of allylic oxidation sites excluding steroid dienone is 2. The number of hydrogen-bond donors (Lipinski definition) is 1. The maximum Gasteiger partial charge on any atom is 0.189 e. The molecule has 1 N–H and O–H groups in total. The molecular formula is C18H15ClN6O2. The quantitative estimate of drug-likeness (QED) is 0.684. The summed E-state index contributed by atoms with van der Waals surface area (Å²) in [5.74, 6) is -0.203. The molecule has 3 aromatic heterocycles. The maximum atomic E-state index is 12.2. The molecular weight excluding hydrogens is 368 g/mol. The van der Waals surface area contributed by atoms with Crippen molar-refractivity contribution in [2.24, 2.45) is 4.99 Å². The van der Waals surface area contributed by atoms with Gasteiger partial charge in [-0.2, -0.15) is 0 Å². The molecule has 136 valence electrons. The highest BCUT2D eigenvalue weighted by molar-refractivity contribution is 6.57. The normalized spacial score (nSPS) is 16.2. The fourth-order valence-corrected chi connectivity index (χ4v) is 2.92. The van der Waals surface area contributed by atoms with Gasteiger partial charge in [-0.3, -0.25) is 9.59 Å². The Hall–Kier alpha value is -3.26. The molecule has 9 heteroatoms. The molecule has 0 atom stereocenters. The Bertz CT molecular complexity index is 1080. The number of aliphatic imine (C=N–C) groups is 1. The molecule has 0 bridgehead atoms. The van der Waals surface area contributed by atoms with Gasteiger partial charge in [-0.1, -0.05) is 17.7 Å². The predicted molar refractivity (Wildman–Crippen MR) is 102 cm³/mol. The van der Waals surface area contributed by atoms with E-state index in [1.54, 1.807) is 23.2 Å². The summed E-state index contributed by atoms with van der Waals surface area (Å²) in [4.78, 5) is 32.2. The minimum atomic E-state index is -0.390. The van der Waals surface area contributed by atoms with E-state index >= 15 is 0 Å². The number of Topliss-reactive ketones (excluding diaryl/α,β-unsaturated/α-hetero) is 2. The van der Waals surface area contributed by atoms with Gasteiger partial charge in [0.25, 0.3) is 0 Å². The van der Waals surface area contributed by atoms with Crippen molar-refractivity contribution in [3.63, 3.8) is 0 Å². The number of pyridine rings is 1. The van der Waals surface area contributed by atoms with Crippen molar-refractivity contribution in [2.75, 3.05) is 11.9 Å². The van der Waals surface area contributed by atoms with Gasteiger partial charge in [-0.15, -0.1) is 5.10 Å². The minimum absolute atomic E-state index is 0.0134. The Balaban J connectivity index is 1.69. The summed E-state index contributed by atoms with van der Waals surface area (Å²) in [5.41, 5.74) is 1.42. The first-order valence-electron chi connectivity index (χ1n) is 8.31. The van der Waals surface area contributed by atoms with Crippen LogP contribution in [0.1, 0.15) is 6.42 Å². The summed E-state index contributed by atoms with van der Waals surface area (Å²) in [5, 5.41) is 7.76. The molecule has 0 amide bonds. The number of imidazole rings is 1. The van der Waals surface area contributed by atoms with Crippen LogP contribution in [0.15, 0.2) is 59.2 Å². The van der Waals surface area contributed by atoms with E-state index in [1.165, 1.54) is 6.08 Å². The highest BCUT2D eigenvalue weighted by atomic mass is 35.5. The largest absolute Gasteiger partial charge is 0.365 e. The van der Waals surface area contributed by atoms with Crippen LogP contribution in [0.2, 0.25) is 0 Å². The van der Waals surface area contributed by atoms with Gasteiger partial charge >= 0.3 is 0 Å². The van der Waals surface area contributed by atoms with E-state index in [0.29, 0.717) is 24.6 Å². The second kappa shape index (κ2) is 7.16. The van der Waals surface area contributed by atoms with E-state index in [0.717, 1.165) is 5.52 Å². The van der Waals surface area contributed by atoms with Crippen molar-refractivity contribution in [1.29, 1.82) is 0 Å². The highest BCUT2D eigenvalue weighted by Crippen LogP contribution is 2.30. The minimum Gasteiger partial charge on any atom is -0.365 e. The summed E-state index contributed by atoms with van der Waals surface area (Å²) >= 11 is 5.90. The molecule has 0 aliphatic heterocycles. The number of nitrogens with zero attached hydrogens (tertiary/aromatic N) is 5. The molecule has 8 nitrogen and oxygen atoms in total. The van der Waals surface area contributed by atoms with E-state index in [4.69, 9.17) is 11.6 Å². The summed E-state index contributed by atoms with van der Waals surface area (Å²) in [6, 6.07) is 5.58. The number of aromatic nitrogens is 4. The lowest BCUT2D eigenvalue weighted by Gasteiger charge is -2.08. The van der Waals surface area contributed by atoms with E-state index in [1.807, 2.05) is 29.0 Å². The Morgan fingerprint density at radius 1 is 1.22 bits per heavy atom. The van der Waals surface area contributed by atoms with E-state index in [2.05, 4.69) is 20.4 Å². The van der Waals surface area contributed by atoms with Crippen LogP contribution in [0.25, 0.3) is 5.52 Å². The summed E-state index contributed by atoms with van der Waals surface area (Å²) in [7, 11) is 0. The molecule has 3 heterocycles. The molecule has 0 saturated carbocycles. The zero-order chi connectivity index (χ0) is 18.8. The SMILES string of the molecule is O=C1CC(=O)C(=Nc2c(NCCn3ccnc3)nn3ccccc23)C=C1Cl. The first-order chi connectivity index (χ1) is 13.1. The molecule has 0 saturated heterocycles. The Morgan fingerprint density at radius 3 is 2.93 bits per heavy atom. The number of hydrogen-bond acceptors (Lipinski definition) is 6. The van der Waals surface area contributed by atoms with Crippen molar-refractivity contribution in [1.82, 2.24) is 19.2 Å². The van der Waals surface area contributed by atoms with Crippen LogP contribution < -0.4 is 5.32 Å². The van der Waals surface area contributed by atoms with E-state index in [9.17, 15) is 9.59 Å². The van der Waals surface area contributed by atoms with E-state index < -0.39 is 0 Å². The predicted octanol–water partition coefficient (Wildman–Crippen LogP) is 2.38. The number of nitrogens with one attached hydrogen (secondary N) is 1. The number of rotatable bonds is 5. The van der Waals surface area contributed by atoms with Gasteiger partial charge < -0.3 is 9.88 Å². The summed E-state index contributed by atoms with van der Waals surface area (Å²) in [6.07, 6.45) is 8.17. The zero-order valence-electron chi connectivity index (χ0n) is 14.2. The van der Waals surface area contributed by atoms with Gasteiger partial charge in [0, 0.05) is 31.7 Å². The number of carbonyl (C=O) groups excluding carboxylic acids is 2. The molecule has 0 aromatic carbocycles. The van der Waals surface area contributed by atoms with Crippen molar-refractivity contribution < 1.29 is 9.59 Å². The number of ketones is 2. The molecule has 0 spiro atoms. The topological polar surface area (TPSA) is 93.6 Å². The number of halogens is 1. The van der Waals surface area contributed by atoms with Crippen LogP contribution in [0.4, 0.5) is 11.5 Å². The fourth-order valence-electron chi connectivity index (χ4n) is 2.75. The molecule has 4 rings (SSSR count). The molecule has 0 fully saturated rings. The maximum absolute atomic E-state index is 12.2. The van der Waals surface area contributed by atoms with Crippen LogP contribution in [0.5, 0.6) is 0 Å².